The average Bonchev–Trinajstić information content (AvgIpc) is 3.03. The van der Waals surface area contributed by atoms with Gasteiger partial charge in [0, 0.05) is 21.1 Å². The van der Waals surface area contributed by atoms with Crippen molar-refractivity contribution in [3.05, 3.63) is 66.6 Å². The maximum Gasteiger partial charge on any atom is 0.329 e. The van der Waals surface area contributed by atoms with Crippen LogP contribution in [0.1, 0.15) is 41.0 Å². The molecule has 0 saturated heterocycles. The van der Waals surface area contributed by atoms with Crippen LogP contribution in [0, 0.1) is 16.0 Å². The maximum atomic E-state index is 12.9. The van der Waals surface area contributed by atoms with Crippen LogP contribution < -0.4 is 5.32 Å². The zero-order chi connectivity index (χ0) is 25.2. The quantitative estimate of drug-likeness (QED) is 0.207. The summed E-state index contributed by atoms with van der Waals surface area (Å²) < 4.78 is 5.65. The Morgan fingerprint density at radius 2 is 1.62 bits per heavy atom. The number of hydrogen-bond donors (Lipinski definition) is 1. The first-order chi connectivity index (χ1) is 16.0. The van der Waals surface area contributed by atoms with Crippen LogP contribution in [-0.4, -0.2) is 46.2 Å². The molecule has 10 nitrogen and oxygen atoms in total. The number of imide groups is 1. The molecule has 1 unspecified atom stereocenters. The molecule has 0 fully saturated rings. The number of carbonyl (C=O) groups is 4. The van der Waals surface area contributed by atoms with E-state index >= 15 is 0 Å². The first-order valence-electron chi connectivity index (χ1n) is 10.1. The van der Waals surface area contributed by atoms with Crippen LogP contribution in [0.5, 0.6) is 0 Å². The van der Waals surface area contributed by atoms with Crippen molar-refractivity contribution >= 4 is 66.9 Å². The molecule has 0 saturated carbocycles. The fourth-order valence-corrected chi connectivity index (χ4v) is 4.80. The summed E-state index contributed by atoms with van der Waals surface area (Å²) in [6, 6.07) is 7.52. The van der Waals surface area contributed by atoms with E-state index in [1.54, 1.807) is 12.1 Å². The van der Waals surface area contributed by atoms with Crippen LogP contribution >= 0.6 is 31.9 Å². The van der Waals surface area contributed by atoms with Crippen LogP contribution in [0.4, 0.5) is 11.4 Å². The van der Waals surface area contributed by atoms with Gasteiger partial charge in [-0.25, -0.2) is 4.79 Å². The highest BCUT2D eigenvalue weighted by Crippen LogP contribution is 2.35. The van der Waals surface area contributed by atoms with Gasteiger partial charge in [0.2, 0.25) is 0 Å². The average molecular weight is 597 g/mol. The number of hydrogen-bond acceptors (Lipinski definition) is 7. The summed E-state index contributed by atoms with van der Waals surface area (Å²) in [5.41, 5.74) is 0.436. The SMILES string of the molecule is CC(C)CC(C(=O)OCC(=O)Nc1c(Br)cc([N+](=O)[O-])cc1Br)N1C(=O)c2ccccc2C1=O. The molecule has 0 bridgehead atoms. The molecule has 1 N–H and O–H groups in total. The van der Waals surface area contributed by atoms with Crippen molar-refractivity contribution in [3.63, 3.8) is 0 Å². The third-order valence-electron chi connectivity index (χ3n) is 4.95. The zero-order valence-corrected chi connectivity index (χ0v) is 21.2. The van der Waals surface area contributed by atoms with E-state index in [9.17, 15) is 29.3 Å². The summed E-state index contributed by atoms with van der Waals surface area (Å²) >= 11 is 6.32. The monoisotopic (exact) mass is 595 g/mol. The fraction of sp³-hybridized carbons (Fsp3) is 0.273. The molecule has 3 rings (SSSR count). The van der Waals surface area contributed by atoms with Gasteiger partial charge in [0.05, 0.1) is 21.7 Å². The van der Waals surface area contributed by atoms with Crippen molar-refractivity contribution in [2.75, 3.05) is 11.9 Å². The Morgan fingerprint density at radius 1 is 1.09 bits per heavy atom. The third-order valence-corrected chi connectivity index (χ3v) is 6.20. The molecular formula is C22H19Br2N3O7. The highest BCUT2D eigenvalue weighted by molar-refractivity contribution is 9.11. The number of nitro benzene ring substituents is 1. The van der Waals surface area contributed by atoms with Gasteiger partial charge in [0.25, 0.3) is 23.4 Å². The van der Waals surface area contributed by atoms with Gasteiger partial charge in [-0.1, -0.05) is 26.0 Å². The van der Waals surface area contributed by atoms with E-state index in [1.807, 2.05) is 13.8 Å². The van der Waals surface area contributed by atoms with E-state index in [1.165, 1.54) is 24.3 Å². The lowest BCUT2D eigenvalue weighted by Crippen LogP contribution is -2.46. The number of benzene rings is 2. The summed E-state index contributed by atoms with van der Waals surface area (Å²) in [6.07, 6.45) is 0.158. The molecule has 0 radical (unpaired) electrons. The number of rotatable bonds is 8. The van der Waals surface area contributed by atoms with Gasteiger partial charge in [-0.3, -0.25) is 29.4 Å². The second-order valence-electron chi connectivity index (χ2n) is 7.87. The number of carbonyl (C=O) groups excluding carboxylic acids is 4. The van der Waals surface area contributed by atoms with E-state index in [4.69, 9.17) is 4.74 Å². The van der Waals surface area contributed by atoms with Crippen molar-refractivity contribution in [2.45, 2.75) is 26.3 Å². The molecule has 0 aromatic heterocycles. The minimum Gasteiger partial charge on any atom is -0.454 e. The number of esters is 1. The number of halogens is 2. The Kier molecular flexibility index (Phi) is 7.82. The van der Waals surface area contributed by atoms with Crippen LogP contribution in [0.2, 0.25) is 0 Å². The van der Waals surface area contributed by atoms with Crippen LogP contribution in [0.3, 0.4) is 0 Å². The number of ether oxygens (including phenoxy) is 1. The minimum atomic E-state index is -1.20. The van der Waals surface area contributed by atoms with Crippen LogP contribution in [0.25, 0.3) is 0 Å². The van der Waals surface area contributed by atoms with Gasteiger partial charge in [0.15, 0.2) is 6.61 Å². The number of amides is 3. The van der Waals surface area contributed by atoms with Crippen molar-refractivity contribution < 1.29 is 28.8 Å². The van der Waals surface area contributed by atoms with Gasteiger partial charge in [-0.2, -0.15) is 0 Å². The topological polar surface area (TPSA) is 136 Å². The number of nitro groups is 1. The highest BCUT2D eigenvalue weighted by Gasteiger charge is 2.43. The summed E-state index contributed by atoms with van der Waals surface area (Å²) in [7, 11) is 0. The van der Waals surface area contributed by atoms with E-state index < -0.39 is 41.3 Å². The molecule has 1 atom stereocenters. The van der Waals surface area contributed by atoms with Gasteiger partial charge in [-0.05, 0) is 56.3 Å². The first kappa shape index (κ1) is 25.5. The lowest BCUT2D eigenvalue weighted by molar-refractivity contribution is -0.385. The lowest BCUT2D eigenvalue weighted by Gasteiger charge is -2.25. The highest BCUT2D eigenvalue weighted by atomic mass is 79.9. The maximum absolute atomic E-state index is 12.9. The molecule has 2 aromatic carbocycles. The number of anilines is 1. The predicted molar refractivity (Wildman–Crippen MR) is 128 cm³/mol. The standard InChI is InChI=1S/C22H19Br2N3O7/c1-11(2)7-17(26-20(29)13-5-3-4-6-14(13)21(26)30)22(31)34-10-18(28)25-19-15(23)8-12(27(32)33)9-16(19)24/h3-6,8-9,11,17H,7,10H2,1-2H3,(H,25,28). The molecule has 1 aliphatic heterocycles. The third kappa shape index (κ3) is 5.33. The van der Waals surface area contributed by atoms with Crippen LogP contribution in [-0.2, 0) is 14.3 Å². The van der Waals surface area contributed by atoms with Gasteiger partial charge in [-0.15, -0.1) is 0 Å². The molecule has 1 heterocycles. The van der Waals surface area contributed by atoms with Gasteiger partial charge < -0.3 is 10.1 Å². The van der Waals surface area contributed by atoms with Crippen molar-refractivity contribution in [1.82, 2.24) is 4.90 Å². The fourth-order valence-electron chi connectivity index (χ4n) is 3.44. The Morgan fingerprint density at radius 3 is 2.09 bits per heavy atom. The lowest BCUT2D eigenvalue weighted by atomic mass is 10.0. The first-order valence-corrected chi connectivity index (χ1v) is 11.7. The van der Waals surface area contributed by atoms with Crippen LogP contribution in [0.15, 0.2) is 45.3 Å². The number of non-ortho nitro benzene ring substituents is 1. The number of nitrogens with zero attached hydrogens (tertiary/aromatic N) is 2. The van der Waals surface area contributed by atoms with Crippen molar-refractivity contribution in [2.24, 2.45) is 5.92 Å². The number of nitrogens with one attached hydrogen (secondary N) is 1. The van der Waals surface area contributed by atoms with Crippen molar-refractivity contribution in [3.8, 4) is 0 Å². The molecule has 0 spiro atoms. The molecule has 2 aromatic rings. The summed E-state index contributed by atoms with van der Waals surface area (Å²) in [4.78, 5) is 62.2. The Balaban J connectivity index is 1.72. The van der Waals surface area contributed by atoms with E-state index in [0.717, 1.165) is 4.90 Å². The largest absolute Gasteiger partial charge is 0.454 e. The van der Waals surface area contributed by atoms with E-state index in [2.05, 4.69) is 37.2 Å². The molecule has 1 aliphatic rings. The summed E-state index contributed by atoms with van der Waals surface area (Å²) in [6.45, 7) is 2.97. The molecule has 12 heteroatoms. The second-order valence-corrected chi connectivity index (χ2v) is 9.58. The molecular weight excluding hydrogens is 578 g/mol. The Bertz CT molecular complexity index is 1140. The second kappa shape index (κ2) is 10.4. The summed E-state index contributed by atoms with van der Waals surface area (Å²) in [5, 5.41) is 13.5. The van der Waals surface area contributed by atoms with Gasteiger partial charge in [0.1, 0.15) is 6.04 Å². The van der Waals surface area contributed by atoms with Crippen molar-refractivity contribution in [1.29, 1.82) is 0 Å². The molecule has 178 valence electrons. The molecule has 34 heavy (non-hydrogen) atoms. The predicted octanol–water partition coefficient (Wildman–Crippen LogP) is 4.31. The Labute approximate surface area is 211 Å². The molecule has 0 aliphatic carbocycles. The Hall–Kier alpha value is -3.12. The number of fused-ring (bicyclic) bond motifs is 1. The zero-order valence-electron chi connectivity index (χ0n) is 18.0. The summed E-state index contributed by atoms with van der Waals surface area (Å²) in [5.74, 6) is -2.84. The smallest absolute Gasteiger partial charge is 0.329 e. The minimum absolute atomic E-state index is 0.0530. The van der Waals surface area contributed by atoms with E-state index in [0.29, 0.717) is 0 Å². The van der Waals surface area contributed by atoms with E-state index in [-0.39, 0.29) is 43.8 Å². The normalized spacial score (nSPS) is 13.6. The molecule has 3 amide bonds. The van der Waals surface area contributed by atoms with Gasteiger partial charge >= 0.3 is 5.97 Å².